The summed E-state index contributed by atoms with van der Waals surface area (Å²) in [5, 5.41) is 0. The van der Waals surface area contributed by atoms with Crippen LogP contribution in [0, 0.1) is 12.8 Å². The number of methoxy groups -OCH3 is 2. The molecule has 4 heterocycles. The van der Waals surface area contributed by atoms with Crippen LogP contribution >= 0.6 is 0 Å². The lowest BCUT2D eigenvalue weighted by Crippen LogP contribution is -2.32. The second-order valence-electron chi connectivity index (χ2n) is 15.1. The maximum absolute atomic E-state index is 13.8. The van der Waals surface area contributed by atoms with Gasteiger partial charge in [-0.15, -0.1) is 0 Å². The van der Waals surface area contributed by atoms with Gasteiger partial charge in [0.15, 0.2) is 11.5 Å². The highest BCUT2D eigenvalue weighted by Crippen LogP contribution is 2.41. The minimum Gasteiger partial charge on any atom is -0.497 e. The molecule has 0 fully saturated rings. The van der Waals surface area contributed by atoms with E-state index in [-0.39, 0.29) is 23.9 Å². The Labute approximate surface area is 327 Å². The predicted octanol–water partition coefficient (Wildman–Crippen LogP) is 9.00. The molecule has 0 saturated heterocycles. The lowest BCUT2D eigenvalue weighted by Gasteiger charge is -2.19. The second kappa shape index (κ2) is 15.5. The molecular weight excluding hydrogens is 705 g/mol. The molecular formula is C46H46N4O6. The van der Waals surface area contributed by atoms with Gasteiger partial charge in [-0.3, -0.25) is 19.6 Å². The molecule has 8 rings (SSSR count). The van der Waals surface area contributed by atoms with Crippen LogP contribution in [0.3, 0.4) is 0 Å². The zero-order chi connectivity index (χ0) is 38.9. The van der Waals surface area contributed by atoms with Gasteiger partial charge < -0.3 is 28.7 Å². The van der Waals surface area contributed by atoms with Gasteiger partial charge in [-0.05, 0) is 76.9 Å². The smallest absolute Gasteiger partial charge is 0.260 e. The lowest BCUT2D eigenvalue weighted by atomic mass is 9.98. The first-order chi connectivity index (χ1) is 27.2. The first-order valence-corrected chi connectivity index (χ1v) is 19.2. The van der Waals surface area contributed by atoms with Crippen LogP contribution in [0.25, 0.3) is 11.1 Å². The third-order valence-electron chi connectivity index (χ3n) is 10.7. The number of rotatable bonds is 12. The zero-order valence-electron chi connectivity index (χ0n) is 32.5. The van der Waals surface area contributed by atoms with Crippen molar-refractivity contribution in [3.05, 3.63) is 119 Å². The number of ether oxygens (including phenoxy) is 4. The average molecular weight is 751 g/mol. The number of nitrogens with zero attached hydrogens (tertiary/aromatic N) is 4. The molecule has 56 heavy (non-hydrogen) atoms. The summed E-state index contributed by atoms with van der Waals surface area (Å²) >= 11 is 0. The zero-order valence-corrected chi connectivity index (χ0v) is 32.5. The van der Waals surface area contributed by atoms with Crippen LogP contribution in [-0.4, -0.2) is 73.6 Å². The van der Waals surface area contributed by atoms with Crippen molar-refractivity contribution < 1.29 is 28.5 Å². The topological polar surface area (TPSA) is 102 Å². The van der Waals surface area contributed by atoms with E-state index in [1.165, 1.54) is 5.56 Å². The van der Waals surface area contributed by atoms with E-state index in [1.54, 1.807) is 36.2 Å². The lowest BCUT2D eigenvalue weighted by molar-refractivity contribution is 0.0809. The minimum atomic E-state index is -0.167. The molecule has 10 heteroatoms. The van der Waals surface area contributed by atoms with E-state index in [4.69, 9.17) is 28.9 Å². The maximum atomic E-state index is 13.8. The largest absolute Gasteiger partial charge is 0.497 e. The van der Waals surface area contributed by atoms with E-state index in [0.717, 1.165) is 40.0 Å². The number of benzene rings is 4. The molecule has 0 bridgehead atoms. The Morgan fingerprint density at radius 2 is 1.21 bits per heavy atom. The van der Waals surface area contributed by atoms with Crippen molar-refractivity contribution >= 4 is 46.8 Å². The van der Waals surface area contributed by atoms with Crippen molar-refractivity contribution in [2.24, 2.45) is 15.9 Å². The molecule has 0 aromatic heterocycles. The molecule has 4 aromatic carbocycles. The highest BCUT2D eigenvalue weighted by Gasteiger charge is 2.35. The average Bonchev–Trinajstić information content (AvgIpc) is 3.78. The molecule has 4 aliphatic heterocycles. The monoisotopic (exact) mass is 750 g/mol. The third-order valence-corrected chi connectivity index (χ3v) is 10.7. The van der Waals surface area contributed by atoms with Crippen molar-refractivity contribution in [1.29, 1.82) is 0 Å². The summed E-state index contributed by atoms with van der Waals surface area (Å²) in [7, 11) is 3.21. The van der Waals surface area contributed by atoms with Crippen molar-refractivity contribution in [2.75, 3.05) is 27.4 Å². The fourth-order valence-corrected chi connectivity index (χ4v) is 7.71. The summed E-state index contributed by atoms with van der Waals surface area (Å²) in [4.78, 5) is 40.6. The first kappa shape index (κ1) is 36.8. The molecule has 2 atom stereocenters. The number of amides is 2. The molecule has 2 amide bonds. The van der Waals surface area contributed by atoms with Gasteiger partial charge in [-0.1, -0.05) is 50.2 Å². The highest BCUT2D eigenvalue weighted by molar-refractivity contribution is 6.06. The Balaban J connectivity index is 0.886. The number of carbonyl (C=O) groups is 2. The Morgan fingerprint density at radius 1 is 0.679 bits per heavy atom. The number of hydrogen-bond acceptors (Lipinski definition) is 8. The first-order valence-electron chi connectivity index (χ1n) is 19.2. The van der Waals surface area contributed by atoms with Gasteiger partial charge in [-0.2, -0.15) is 0 Å². The molecule has 286 valence electrons. The Hall–Kier alpha value is -6.16. The molecule has 0 N–H and O–H groups in total. The Kier molecular flexibility index (Phi) is 10.2. The van der Waals surface area contributed by atoms with Gasteiger partial charge in [0.2, 0.25) is 0 Å². The van der Waals surface area contributed by atoms with Crippen LogP contribution in [0.15, 0.2) is 95.2 Å². The van der Waals surface area contributed by atoms with Crippen molar-refractivity contribution in [1.82, 2.24) is 9.80 Å². The molecule has 4 aliphatic rings. The molecule has 0 aliphatic carbocycles. The Morgan fingerprint density at radius 3 is 1.77 bits per heavy atom. The highest BCUT2D eigenvalue weighted by atomic mass is 16.5. The van der Waals surface area contributed by atoms with Crippen LogP contribution in [0.2, 0.25) is 0 Å². The molecule has 0 spiro atoms. The number of hydrogen-bond donors (Lipinski definition) is 0. The number of carbonyl (C=O) groups excluding carboxylic acids is 2. The fourth-order valence-electron chi connectivity index (χ4n) is 7.71. The summed E-state index contributed by atoms with van der Waals surface area (Å²) in [5.41, 5.74) is 8.69. The normalized spacial score (nSPS) is 18.1. The minimum absolute atomic E-state index is 0.0841. The maximum Gasteiger partial charge on any atom is 0.260 e. The Bertz CT molecular complexity index is 2290. The van der Waals surface area contributed by atoms with Crippen LogP contribution < -0.4 is 18.9 Å². The molecule has 0 radical (unpaired) electrons. The van der Waals surface area contributed by atoms with E-state index in [2.05, 4.69) is 38.1 Å². The number of aryl methyl sites for hydroxylation is 1. The third kappa shape index (κ3) is 7.31. The summed E-state index contributed by atoms with van der Waals surface area (Å²) in [6.45, 7) is 7.11. The van der Waals surface area contributed by atoms with Crippen LogP contribution in [0.5, 0.6) is 23.0 Å². The quantitative estimate of drug-likeness (QED) is 0.134. The number of aliphatic imine (C=N–C) groups is 2. The molecule has 0 unspecified atom stereocenters. The SMILES string of the molecule is COc1ccc(C2=CN3C(=O)c4cc(C)c(OCCCOc5cc6c(cc5OC)C(=O)N5C=C(c7ccc(CC(C)C)cc7)C[C@H]5C=N6)cc4N=C[C@@H]3C2)cc1. The molecule has 4 aromatic rings. The van der Waals surface area contributed by atoms with Crippen LogP contribution in [-0.2, 0) is 6.42 Å². The number of fused-ring (bicyclic) bond motifs is 4. The summed E-state index contributed by atoms with van der Waals surface area (Å²) in [6.07, 6.45) is 10.6. The van der Waals surface area contributed by atoms with E-state index in [1.807, 2.05) is 68.2 Å². The van der Waals surface area contributed by atoms with Gasteiger partial charge in [-0.25, -0.2) is 0 Å². The standard InChI is InChI=1S/C46H46N4O6/c1-28(2)17-30-7-9-31(10-8-30)33-19-36-25-48-41-23-44(43(54-5)21-39(41)46(52)50(36)26-33)56-16-6-15-55-42-22-40-38(18-29(42)3)45(51)49-27-34(20-35(49)24-47-40)32-11-13-37(53-4)14-12-32/h7-14,18,21-28,35-36H,6,15-17,19-20H2,1-5H3/t35-,36-/m0/s1. The van der Waals surface area contributed by atoms with Gasteiger partial charge in [0, 0.05) is 56.2 Å². The summed E-state index contributed by atoms with van der Waals surface area (Å²) < 4.78 is 23.3. The van der Waals surface area contributed by atoms with E-state index in [9.17, 15) is 9.59 Å². The van der Waals surface area contributed by atoms with Crippen molar-refractivity contribution in [3.63, 3.8) is 0 Å². The van der Waals surface area contributed by atoms with E-state index in [0.29, 0.717) is 78.1 Å². The van der Waals surface area contributed by atoms with Gasteiger partial charge in [0.25, 0.3) is 11.8 Å². The van der Waals surface area contributed by atoms with Crippen molar-refractivity contribution in [3.8, 4) is 23.0 Å². The summed E-state index contributed by atoms with van der Waals surface area (Å²) in [5.74, 6) is 2.83. The molecule has 10 nitrogen and oxygen atoms in total. The fraction of sp³-hybridized carbons (Fsp3) is 0.304. The predicted molar refractivity (Wildman–Crippen MR) is 219 cm³/mol. The van der Waals surface area contributed by atoms with Crippen LogP contribution in [0.4, 0.5) is 11.4 Å². The van der Waals surface area contributed by atoms with E-state index < -0.39 is 0 Å². The van der Waals surface area contributed by atoms with Gasteiger partial charge in [0.05, 0.1) is 62.0 Å². The summed E-state index contributed by atoms with van der Waals surface area (Å²) in [6, 6.07) is 23.4. The van der Waals surface area contributed by atoms with Gasteiger partial charge in [0.1, 0.15) is 11.5 Å². The van der Waals surface area contributed by atoms with Crippen LogP contribution in [0.1, 0.15) is 76.1 Å². The second-order valence-corrected chi connectivity index (χ2v) is 15.1. The van der Waals surface area contributed by atoms with Gasteiger partial charge >= 0.3 is 0 Å². The van der Waals surface area contributed by atoms with Crippen molar-refractivity contribution in [2.45, 2.75) is 58.5 Å². The van der Waals surface area contributed by atoms with E-state index >= 15 is 0 Å². The molecule has 0 saturated carbocycles.